The van der Waals surface area contributed by atoms with Crippen LogP contribution in [0.1, 0.15) is 74.8 Å². The van der Waals surface area contributed by atoms with Crippen LogP contribution in [0.15, 0.2) is 95.9 Å². The van der Waals surface area contributed by atoms with Gasteiger partial charge in [-0.05, 0) is 100 Å². The van der Waals surface area contributed by atoms with Gasteiger partial charge in [0, 0.05) is 27.5 Å². The Hall–Kier alpha value is -4.35. The highest BCUT2D eigenvalue weighted by atomic mass is 32.2. The molecule has 248 valence electrons. The molecule has 2 heterocycles. The molecule has 0 amide bonds. The van der Waals surface area contributed by atoms with Crippen molar-refractivity contribution in [3.8, 4) is 34.1 Å². The SMILES string of the molecule is COc1ccc(C2(c3ccc(OC)cc3)C=Cc3c4c(c5cc6c(cc5c3O2)SCO6)-c2ccccc2C42CC(C)(C)CC(C)(C)C2)cc1. The minimum Gasteiger partial charge on any atom is -0.497 e. The summed E-state index contributed by atoms with van der Waals surface area (Å²) >= 11 is 1.75. The Morgan fingerprint density at radius 3 is 1.98 bits per heavy atom. The summed E-state index contributed by atoms with van der Waals surface area (Å²) in [4.78, 5) is 1.16. The second-order valence-corrected chi connectivity index (χ2v) is 16.8. The van der Waals surface area contributed by atoms with Gasteiger partial charge in [0.2, 0.25) is 0 Å². The predicted octanol–water partition coefficient (Wildman–Crippen LogP) is 11.2. The molecule has 49 heavy (non-hydrogen) atoms. The molecule has 1 saturated carbocycles. The van der Waals surface area contributed by atoms with Crippen LogP contribution in [-0.4, -0.2) is 20.2 Å². The predicted molar refractivity (Wildman–Crippen MR) is 199 cm³/mol. The smallest absolute Gasteiger partial charge is 0.178 e. The monoisotopic (exact) mass is 666 g/mol. The lowest BCUT2D eigenvalue weighted by atomic mass is 9.52. The number of benzene rings is 5. The van der Waals surface area contributed by atoms with Crippen molar-refractivity contribution >= 4 is 28.6 Å². The van der Waals surface area contributed by atoms with Crippen LogP contribution < -0.4 is 18.9 Å². The average molecular weight is 667 g/mol. The molecule has 1 spiro atoms. The van der Waals surface area contributed by atoms with Gasteiger partial charge in [-0.15, -0.1) is 0 Å². The standard InChI is InChI=1S/C44H42O4S/c1-41(2)23-42(3,4)25-43(24-41)35-10-8-7-9-31(35)38-33-21-36-37(49-26-47-36)22-34(33)40-32(39(38)43)19-20-44(48-40,27-11-15-29(45-5)16-12-27)28-13-17-30(46-6)18-14-28/h7-22H,23-26H2,1-6H3. The van der Waals surface area contributed by atoms with Gasteiger partial charge in [-0.1, -0.05) is 94.1 Å². The van der Waals surface area contributed by atoms with Gasteiger partial charge in [0.25, 0.3) is 0 Å². The summed E-state index contributed by atoms with van der Waals surface area (Å²) in [7, 11) is 3.41. The van der Waals surface area contributed by atoms with E-state index < -0.39 is 5.60 Å². The highest BCUT2D eigenvalue weighted by molar-refractivity contribution is 7.99. The summed E-state index contributed by atoms with van der Waals surface area (Å²) in [5, 5.41) is 2.33. The molecule has 4 nitrogen and oxygen atoms in total. The zero-order chi connectivity index (χ0) is 33.8. The first-order chi connectivity index (χ1) is 23.6. The van der Waals surface area contributed by atoms with Crippen molar-refractivity contribution in [1.29, 1.82) is 0 Å². The summed E-state index contributed by atoms with van der Waals surface area (Å²) in [6, 6.07) is 30.4. The Morgan fingerprint density at radius 1 is 0.714 bits per heavy atom. The Kier molecular flexibility index (Phi) is 6.62. The van der Waals surface area contributed by atoms with E-state index in [9.17, 15) is 0 Å². The highest BCUT2D eigenvalue weighted by Crippen LogP contribution is 2.67. The molecule has 5 heteroatoms. The molecule has 2 aliphatic carbocycles. The van der Waals surface area contributed by atoms with Crippen LogP contribution in [-0.2, 0) is 11.0 Å². The van der Waals surface area contributed by atoms with Gasteiger partial charge >= 0.3 is 0 Å². The molecule has 0 radical (unpaired) electrons. The highest BCUT2D eigenvalue weighted by Gasteiger charge is 2.55. The summed E-state index contributed by atoms with van der Waals surface area (Å²) in [6.45, 7) is 9.86. The van der Waals surface area contributed by atoms with E-state index >= 15 is 0 Å². The Morgan fingerprint density at radius 2 is 1.35 bits per heavy atom. The maximum atomic E-state index is 7.66. The van der Waals surface area contributed by atoms with Gasteiger partial charge in [0.1, 0.15) is 28.9 Å². The van der Waals surface area contributed by atoms with Crippen molar-refractivity contribution in [2.24, 2.45) is 10.8 Å². The summed E-state index contributed by atoms with van der Waals surface area (Å²) in [6.07, 6.45) is 8.02. The molecule has 0 unspecified atom stereocenters. The van der Waals surface area contributed by atoms with Crippen molar-refractivity contribution in [3.05, 3.63) is 119 Å². The van der Waals surface area contributed by atoms with Crippen LogP contribution in [0.5, 0.6) is 23.0 Å². The second kappa shape index (κ2) is 10.6. The maximum Gasteiger partial charge on any atom is 0.178 e. The van der Waals surface area contributed by atoms with Crippen LogP contribution in [0.2, 0.25) is 0 Å². The Bertz CT molecular complexity index is 2110. The van der Waals surface area contributed by atoms with E-state index in [1.807, 2.05) is 24.3 Å². The number of hydrogen-bond acceptors (Lipinski definition) is 5. The van der Waals surface area contributed by atoms with Crippen LogP contribution in [0.4, 0.5) is 0 Å². The lowest BCUT2D eigenvalue weighted by Gasteiger charge is -2.52. The quantitative estimate of drug-likeness (QED) is 0.191. The van der Waals surface area contributed by atoms with Gasteiger partial charge in [0.05, 0.1) is 19.1 Å². The third-order valence-corrected chi connectivity index (χ3v) is 12.2. The molecule has 0 saturated heterocycles. The fourth-order valence-corrected chi connectivity index (χ4v) is 11.0. The first-order valence-electron chi connectivity index (χ1n) is 17.3. The molecular formula is C44H42O4S. The third-order valence-electron chi connectivity index (χ3n) is 11.3. The number of thioether (sulfide) groups is 1. The fraction of sp³-hybridized carbons (Fsp3) is 0.318. The van der Waals surface area contributed by atoms with E-state index in [1.165, 1.54) is 39.6 Å². The third kappa shape index (κ3) is 4.50. The lowest BCUT2D eigenvalue weighted by molar-refractivity contribution is 0.0642. The number of hydrogen-bond donors (Lipinski definition) is 0. The largest absolute Gasteiger partial charge is 0.497 e. The minimum atomic E-state index is -0.876. The molecule has 0 aromatic heterocycles. The van der Waals surface area contributed by atoms with Crippen molar-refractivity contribution in [3.63, 3.8) is 0 Å². The molecule has 0 N–H and O–H groups in total. The minimum absolute atomic E-state index is 0.155. The normalized spacial score (nSPS) is 19.7. The van der Waals surface area contributed by atoms with Crippen molar-refractivity contribution in [2.75, 3.05) is 20.2 Å². The molecular weight excluding hydrogens is 625 g/mol. The molecule has 1 fully saturated rings. The second-order valence-electron chi connectivity index (χ2n) is 15.9. The van der Waals surface area contributed by atoms with Crippen LogP contribution in [0.25, 0.3) is 28.0 Å². The molecule has 2 aliphatic heterocycles. The number of rotatable bonds is 4. The number of ether oxygens (including phenoxy) is 4. The van der Waals surface area contributed by atoms with Gasteiger partial charge in [-0.25, -0.2) is 0 Å². The van der Waals surface area contributed by atoms with Crippen LogP contribution >= 0.6 is 11.8 Å². The van der Waals surface area contributed by atoms with Crippen LogP contribution in [0.3, 0.4) is 0 Å². The topological polar surface area (TPSA) is 36.9 Å². The first kappa shape index (κ1) is 30.7. The average Bonchev–Trinajstić information content (AvgIpc) is 3.66. The van der Waals surface area contributed by atoms with E-state index in [4.69, 9.17) is 18.9 Å². The summed E-state index contributed by atoms with van der Waals surface area (Å²) in [5.74, 6) is 4.15. The van der Waals surface area contributed by atoms with Crippen LogP contribution in [0, 0.1) is 10.8 Å². The first-order valence-corrected chi connectivity index (χ1v) is 18.3. The van der Waals surface area contributed by atoms with E-state index in [0.29, 0.717) is 5.94 Å². The Balaban J connectivity index is 1.38. The maximum absolute atomic E-state index is 7.66. The lowest BCUT2D eigenvalue weighted by Crippen LogP contribution is -2.44. The van der Waals surface area contributed by atoms with Crippen molar-refractivity contribution < 1.29 is 18.9 Å². The molecule has 5 aromatic carbocycles. The van der Waals surface area contributed by atoms with Crippen molar-refractivity contribution in [2.45, 2.75) is 62.9 Å². The van der Waals surface area contributed by atoms with E-state index in [1.54, 1.807) is 26.0 Å². The molecule has 0 bridgehead atoms. The summed E-state index contributed by atoms with van der Waals surface area (Å²) in [5.41, 5.74) is 8.11. The van der Waals surface area contributed by atoms with E-state index in [2.05, 4.69) is 101 Å². The van der Waals surface area contributed by atoms with Gasteiger partial charge < -0.3 is 18.9 Å². The van der Waals surface area contributed by atoms with Gasteiger partial charge in [-0.3, -0.25) is 0 Å². The Labute approximate surface area is 293 Å². The van der Waals surface area contributed by atoms with Gasteiger partial charge in [-0.2, -0.15) is 0 Å². The number of methoxy groups -OCH3 is 2. The zero-order valence-electron chi connectivity index (χ0n) is 29.1. The molecule has 4 aliphatic rings. The molecule has 5 aromatic rings. The number of fused-ring (bicyclic) bond motifs is 11. The van der Waals surface area contributed by atoms with E-state index in [0.717, 1.165) is 57.2 Å². The van der Waals surface area contributed by atoms with Crippen molar-refractivity contribution in [1.82, 2.24) is 0 Å². The van der Waals surface area contributed by atoms with Gasteiger partial charge in [0.15, 0.2) is 5.60 Å². The summed E-state index contributed by atoms with van der Waals surface area (Å²) < 4.78 is 25.0. The van der Waals surface area contributed by atoms with E-state index in [-0.39, 0.29) is 16.2 Å². The molecule has 9 rings (SSSR count). The molecule has 0 atom stereocenters. The zero-order valence-corrected chi connectivity index (χ0v) is 29.9. The fourth-order valence-electron chi connectivity index (χ4n) is 10.2.